The number of carbonyl (C=O) groups is 1. The SMILES string of the molecule is O=C(COc1ccc(-n2cccn2)nn1)Nc1nc2ccccc2[nH]1. The third kappa shape index (κ3) is 3.29. The summed E-state index contributed by atoms with van der Waals surface area (Å²) in [5, 5.41) is 14.6. The number of aromatic amines is 1. The van der Waals surface area contributed by atoms with Crippen LogP contribution in [0.15, 0.2) is 54.9 Å². The molecule has 0 saturated heterocycles. The lowest BCUT2D eigenvalue weighted by atomic mass is 10.3. The number of para-hydroxylation sites is 2. The van der Waals surface area contributed by atoms with E-state index >= 15 is 0 Å². The lowest BCUT2D eigenvalue weighted by Crippen LogP contribution is -2.21. The van der Waals surface area contributed by atoms with Crippen molar-refractivity contribution < 1.29 is 9.53 Å². The average molecular weight is 335 g/mol. The van der Waals surface area contributed by atoms with Crippen molar-refractivity contribution in [3.63, 3.8) is 0 Å². The van der Waals surface area contributed by atoms with E-state index in [0.29, 0.717) is 11.8 Å². The minimum absolute atomic E-state index is 0.202. The van der Waals surface area contributed by atoms with Gasteiger partial charge in [0.1, 0.15) is 0 Å². The number of fused-ring (bicyclic) bond motifs is 1. The van der Waals surface area contributed by atoms with E-state index in [1.165, 1.54) is 0 Å². The van der Waals surface area contributed by atoms with Crippen LogP contribution in [0.4, 0.5) is 5.95 Å². The summed E-state index contributed by atoms with van der Waals surface area (Å²) in [6.45, 7) is -0.202. The molecule has 0 atom stereocenters. The van der Waals surface area contributed by atoms with Crippen LogP contribution in [0.5, 0.6) is 5.88 Å². The van der Waals surface area contributed by atoms with Gasteiger partial charge in [0.15, 0.2) is 12.4 Å². The third-order valence-corrected chi connectivity index (χ3v) is 3.36. The van der Waals surface area contributed by atoms with Gasteiger partial charge >= 0.3 is 0 Å². The molecule has 1 aromatic carbocycles. The summed E-state index contributed by atoms with van der Waals surface area (Å²) >= 11 is 0. The fourth-order valence-corrected chi connectivity index (χ4v) is 2.24. The number of aromatic nitrogens is 6. The van der Waals surface area contributed by atoms with E-state index in [9.17, 15) is 4.79 Å². The van der Waals surface area contributed by atoms with Crippen molar-refractivity contribution in [2.75, 3.05) is 11.9 Å². The molecule has 0 spiro atoms. The molecular formula is C16H13N7O2. The van der Waals surface area contributed by atoms with Gasteiger partial charge in [0, 0.05) is 18.5 Å². The van der Waals surface area contributed by atoms with Crippen LogP contribution in [-0.2, 0) is 4.79 Å². The Morgan fingerprint density at radius 3 is 2.84 bits per heavy atom. The summed E-state index contributed by atoms with van der Waals surface area (Å²) in [4.78, 5) is 19.2. The van der Waals surface area contributed by atoms with Gasteiger partial charge in [0.25, 0.3) is 5.91 Å². The number of rotatable bonds is 5. The predicted molar refractivity (Wildman–Crippen MR) is 89.4 cm³/mol. The summed E-state index contributed by atoms with van der Waals surface area (Å²) < 4.78 is 6.90. The highest BCUT2D eigenvalue weighted by Crippen LogP contribution is 2.13. The molecule has 4 aromatic rings. The summed E-state index contributed by atoms with van der Waals surface area (Å²) in [6.07, 6.45) is 3.40. The maximum absolute atomic E-state index is 12.0. The number of hydrogen-bond donors (Lipinski definition) is 2. The van der Waals surface area contributed by atoms with E-state index in [-0.39, 0.29) is 18.4 Å². The molecule has 25 heavy (non-hydrogen) atoms. The van der Waals surface area contributed by atoms with Crippen molar-refractivity contribution in [3.8, 4) is 11.7 Å². The lowest BCUT2D eigenvalue weighted by molar-refractivity contribution is -0.118. The minimum Gasteiger partial charge on any atom is -0.466 e. The summed E-state index contributed by atoms with van der Waals surface area (Å²) in [7, 11) is 0. The molecule has 2 N–H and O–H groups in total. The smallest absolute Gasteiger partial charge is 0.264 e. The number of H-pyrrole nitrogens is 1. The van der Waals surface area contributed by atoms with Gasteiger partial charge in [-0.05, 0) is 24.3 Å². The topological polar surface area (TPSA) is 111 Å². The standard InChI is InChI=1S/C16H13N7O2/c24-14(20-16-18-11-4-1-2-5-12(11)19-16)10-25-15-7-6-13(21-22-15)23-9-3-8-17-23/h1-9H,10H2,(H2,18,19,20,24). The Morgan fingerprint density at radius 2 is 2.08 bits per heavy atom. The second kappa shape index (κ2) is 6.40. The first kappa shape index (κ1) is 14.8. The summed E-state index contributed by atoms with van der Waals surface area (Å²) in [5.41, 5.74) is 1.62. The molecule has 0 fully saturated rings. The Balaban J connectivity index is 1.35. The first-order valence-corrected chi connectivity index (χ1v) is 7.49. The van der Waals surface area contributed by atoms with Crippen LogP contribution in [0.2, 0.25) is 0 Å². The van der Waals surface area contributed by atoms with E-state index in [4.69, 9.17) is 4.74 Å². The number of amides is 1. The Morgan fingerprint density at radius 1 is 1.16 bits per heavy atom. The molecule has 0 aliphatic heterocycles. The average Bonchev–Trinajstić information content (AvgIpc) is 3.29. The molecule has 124 valence electrons. The van der Waals surface area contributed by atoms with Gasteiger partial charge in [-0.15, -0.1) is 10.2 Å². The lowest BCUT2D eigenvalue weighted by Gasteiger charge is -2.05. The van der Waals surface area contributed by atoms with Gasteiger partial charge in [-0.2, -0.15) is 5.10 Å². The van der Waals surface area contributed by atoms with Crippen molar-refractivity contribution in [1.29, 1.82) is 0 Å². The molecule has 1 amide bonds. The fraction of sp³-hybridized carbons (Fsp3) is 0.0625. The van der Waals surface area contributed by atoms with Crippen molar-refractivity contribution in [3.05, 3.63) is 54.9 Å². The molecular weight excluding hydrogens is 322 g/mol. The van der Waals surface area contributed by atoms with Gasteiger partial charge < -0.3 is 9.72 Å². The number of nitrogens with one attached hydrogen (secondary N) is 2. The molecule has 0 aliphatic carbocycles. The molecule has 0 radical (unpaired) electrons. The normalized spacial score (nSPS) is 10.7. The van der Waals surface area contributed by atoms with E-state index in [1.807, 2.05) is 24.3 Å². The Bertz CT molecular complexity index is 960. The molecule has 3 aromatic heterocycles. The highest BCUT2D eigenvalue weighted by Gasteiger charge is 2.08. The van der Waals surface area contributed by atoms with E-state index in [1.54, 1.807) is 35.3 Å². The second-order valence-corrected chi connectivity index (χ2v) is 5.12. The minimum atomic E-state index is -0.350. The Kier molecular flexibility index (Phi) is 3.79. The zero-order valence-electron chi connectivity index (χ0n) is 13.0. The van der Waals surface area contributed by atoms with Crippen LogP contribution >= 0.6 is 0 Å². The van der Waals surface area contributed by atoms with Gasteiger partial charge in [0.2, 0.25) is 11.8 Å². The fourth-order valence-electron chi connectivity index (χ4n) is 2.24. The summed E-state index contributed by atoms with van der Waals surface area (Å²) in [6, 6.07) is 12.6. The van der Waals surface area contributed by atoms with Crippen LogP contribution in [0.1, 0.15) is 0 Å². The molecule has 3 heterocycles. The van der Waals surface area contributed by atoms with Crippen molar-refractivity contribution in [2.45, 2.75) is 0 Å². The van der Waals surface area contributed by atoms with Crippen molar-refractivity contribution >= 4 is 22.9 Å². The largest absolute Gasteiger partial charge is 0.466 e. The number of anilines is 1. The van der Waals surface area contributed by atoms with Gasteiger partial charge in [-0.1, -0.05) is 12.1 Å². The number of nitrogens with zero attached hydrogens (tertiary/aromatic N) is 5. The van der Waals surface area contributed by atoms with Crippen LogP contribution in [0, 0.1) is 0 Å². The Hall–Kier alpha value is -3.75. The van der Waals surface area contributed by atoms with Gasteiger partial charge in [-0.3, -0.25) is 10.1 Å². The maximum atomic E-state index is 12.0. The third-order valence-electron chi connectivity index (χ3n) is 3.36. The molecule has 4 rings (SSSR count). The van der Waals surface area contributed by atoms with Crippen LogP contribution in [0.25, 0.3) is 16.9 Å². The quantitative estimate of drug-likeness (QED) is 0.572. The highest BCUT2D eigenvalue weighted by molar-refractivity contribution is 5.92. The predicted octanol–water partition coefficient (Wildman–Crippen LogP) is 1.56. The van der Waals surface area contributed by atoms with Crippen molar-refractivity contribution in [1.82, 2.24) is 29.9 Å². The molecule has 0 bridgehead atoms. The number of ether oxygens (including phenoxy) is 1. The van der Waals surface area contributed by atoms with Gasteiger partial charge in [-0.25, -0.2) is 9.67 Å². The number of hydrogen-bond acceptors (Lipinski definition) is 6. The highest BCUT2D eigenvalue weighted by atomic mass is 16.5. The first-order valence-electron chi connectivity index (χ1n) is 7.49. The number of benzene rings is 1. The monoisotopic (exact) mass is 335 g/mol. The first-order chi connectivity index (χ1) is 12.3. The number of carbonyl (C=O) groups excluding carboxylic acids is 1. The maximum Gasteiger partial charge on any atom is 0.264 e. The molecule has 0 unspecified atom stereocenters. The van der Waals surface area contributed by atoms with E-state index in [2.05, 4.69) is 30.6 Å². The molecule has 9 heteroatoms. The molecule has 9 nitrogen and oxygen atoms in total. The van der Waals surface area contributed by atoms with E-state index in [0.717, 1.165) is 11.0 Å². The van der Waals surface area contributed by atoms with Gasteiger partial charge in [0.05, 0.1) is 11.0 Å². The van der Waals surface area contributed by atoms with Crippen LogP contribution < -0.4 is 10.1 Å². The van der Waals surface area contributed by atoms with Crippen LogP contribution in [-0.4, -0.2) is 42.5 Å². The zero-order valence-corrected chi connectivity index (χ0v) is 13.0. The Labute approximate surface area is 141 Å². The number of imidazole rings is 1. The van der Waals surface area contributed by atoms with Crippen molar-refractivity contribution in [2.24, 2.45) is 0 Å². The van der Waals surface area contributed by atoms with E-state index < -0.39 is 0 Å². The molecule has 0 saturated carbocycles. The summed E-state index contributed by atoms with van der Waals surface area (Å²) in [5.74, 6) is 0.826. The van der Waals surface area contributed by atoms with Crippen LogP contribution in [0.3, 0.4) is 0 Å². The second-order valence-electron chi connectivity index (χ2n) is 5.12. The molecule has 0 aliphatic rings. The zero-order chi connectivity index (χ0) is 17.1.